The Morgan fingerprint density at radius 2 is 0.837 bits per heavy atom. The number of carbonyl (C=O) groups excluding carboxylic acids is 8. The molecule has 4 aliphatic rings. The summed E-state index contributed by atoms with van der Waals surface area (Å²) in [5, 5.41) is 112. The van der Waals surface area contributed by atoms with E-state index in [2.05, 4.69) is 42.5 Å². The topological polar surface area (TPSA) is 547 Å². The molecule has 1 saturated carbocycles. The minimum Gasteiger partial charge on any atom is -0.779 e. The maximum absolute atomic E-state index is 13.8. The molecular formula is C54H94N8O29P-. The Kier molecular flexibility index (Phi) is 35.7. The van der Waals surface area contributed by atoms with Gasteiger partial charge in [-0.1, -0.05) is 0 Å². The molecule has 4 fully saturated rings. The van der Waals surface area contributed by atoms with E-state index in [0.717, 1.165) is 6.66 Å². The zero-order valence-electron chi connectivity index (χ0n) is 51.9. The Morgan fingerprint density at radius 3 is 1.18 bits per heavy atom. The molecule has 0 aromatic carbocycles. The Hall–Kier alpha value is -4.81. The first-order chi connectivity index (χ1) is 43.7. The maximum Gasteiger partial charge on any atom is 0.242 e. The van der Waals surface area contributed by atoms with Crippen molar-refractivity contribution >= 4 is 54.9 Å². The molecule has 4 rings (SSSR count). The van der Waals surface area contributed by atoms with Crippen LogP contribution >= 0.6 is 7.60 Å². The number of hydrogen-bond acceptors (Lipinski definition) is 29. The van der Waals surface area contributed by atoms with Gasteiger partial charge in [-0.05, 0) is 38.5 Å². The van der Waals surface area contributed by atoms with Gasteiger partial charge >= 0.3 is 0 Å². The van der Waals surface area contributed by atoms with Crippen LogP contribution in [0, 0.1) is 5.92 Å². The van der Waals surface area contributed by atoms with E-state index >= 15 is 0 Å². The molecule has 8 amide bonds. The second-order valence-corrected chi connectivity index (χ2v) is 24.0. The van der Waals surface area contributed by atoms with E-state index in [-0.39, 0.29) is 124 Å². The molecule has 92 heavy (non-hydrogen) atoms. The van der Waals surface area contributed by atoms with Crippen LogP contribution in [-0.2, 0) is 90.1 Å². The second kappa shape index (κ2) is 41.2. The van der Waals surface area contributed by atoms with Gasteiger partial charge in [0.2, 0.25) is 47.3 Å². The van der Waals surface area contributed by atoms with Crippen molar-refractivity contribution in [3.63, 3.8) is 0 Å². The van der Waals surface area contributed by atoms with Crippen LogP contribution in [-0.4, -0.2) is 309 Å². The quantitative estimate of drug-likeness (QED) is 0.0200. The van der Waals surface area contributed by atoms with Gasteiger partial charge in [-0.3, -0.25) is 38.4 Å². The molecule has 18 unspecified atom stereocenters. The van der Waals surface area contributed by atoms with Crippen molar-refractivity contribution in [1.82, 2.24) is 42.5 Å². The Morgan fingerprint density at radius 1 is 0.489 bits per heavy atom. The molecule has 3 aliphatic heterocycles. The Labute approximate surface area is 530 Å². The largest absolute Gasteiger partial charge is 0.779 e. The number of aliphatic hydroxyl groups is 9. The van der Waals surface area contributed by atoms with Gasteiger partial charge in [0.25, 0.3) is 0 Å². The Bertz CT molecular complexity index is 2350. The molecule has 0 bridgehead atoms. The lowest BCUT2D eigenvalue weighted by atomic mass is 9.86. The fourth-order valence-corrected chi connectivity index (χ4v) is 11.0. The van der Waals surface area contributed by atoms with Crippen molar-refractivity contribution in [1.29, 1.82) is 0 Å². The molecule has 3 heterocycles. The first kappa shape index (κ1) is 79.6. The predicted molar refractivity (Wildman–Crippen MR) is 308 cm³/mol. The average Bonchev–Trinajstić information content (AvgIpc) is 0.846. The van der Waals surface area contributed by atoms with Crippen LogP contribution in [0.15, 0.2) is 0 Å². The Balaban J connectivity index is 1.35. The van der Waals surface area contributed by atoms with E-state index in [1.165, 1.54) is 20.8 Å². The van der Waals surface area contributed by atoms with E-state index in [4.69, 9.17) is 47.2 Å². The van der Waals surface area contributed by atoms with E-state index in [0.29, 0.717) is 0 Å². The molecule has 530 valence electrons. The van der Waals surface area contributed by atoms with Crippen LogP contribution in [0.4, 0.5) is 0 Å². The van der Waals surface area contributed by atoms with Crippen molar-refractivity contribution in [2.45, 2.75) is 182 Å². The van der Waals surface area contributed by atoms with Crippen LogP contribution in [0.2, 0.25) is 0 Å². The highest BCUT2D eigenvalue weighted by atomic mass is 31.2. The number of hydrogen-bond donors (Lipinski definition) is 17. The maximum atomic E-state index is 13.8. The zero-order chi connectivity index (χ0) is 68.1. The van der Waals surface area contributed by atoms with Gasteiger partial charge < -0.3 is 145 Å². The van der Waals surface area contributed by atoms with Gasteiger partial charge in [0, 0.05) is 65.8 Å². The molecule has 17 N–H and O–H groups in total. The number of carbonyl (C=O) groups is 8. The predicted octanol–water partition coefficient (Wildman–Crippen LogP) is -9.45. The summed E-state index contributed by atoms with van der Waals surface area (Å²) in [4.78, 5) is 115. The highest BCUT2D eigenvalue weighted by Crippen LogP contribution is 2.39. The van der Waals surface area contributed by atoms with E-state index in [1.54, 1.807) is 0 Å². The summed E-state index contributed by atoms with van der Waals surface area (Å²) in [5.74, 6) is -5.71. The number of ether oxygens (including phenoxy) is 9. The molecule has 0 radical (unpaired) electrons. The second-order valence-electron chi connectivity index (χ2n) is 22.3. The lowest BCUT2D eigenvalue weighted by Crippen LogP contribution is -2.64. The van der Waals surface area contributed by atoms with Gasteiger partial charge in [-0.2, -0.15) is 0 Å². The highest BCUT2D eigenvalue weighted by molar-refractivity contribution is 7.50. The minimum atomic E-state index is -4.07. The average molecular weight is 1350 g/mol. The molecule has 18 atom stereocenters. The van der Waals surface area contributed by atoms with Crippen molar-refractivity contribution in [3.8, 4) is 0 Å². The lowest BCUT2D eigenvalue weighted by molar-refractivity contribution is -0.272. The van der Waals surface area contributed by atoms with Gasteiger partial charge in [0.15, 0.2) is 18.9 Å². The number of aliphatic hydroxyl groups excluding tert-OH is 9. The summed E-state index contributed by atoms with van der Waals surface area (Å²) in [5.41, 5.74) is 0. The summed E-state index contributed by atoms with van der Waals surface area (Å²) in [6, 6.07) is -6.28. The van der Waals surface area contributed by atoms with Crippen LogP contribution in [0.25, 0.3) is 0 Å². The highest BCUT2D eigenvalue weighted by Gasteiger charge is 2.48. The summed E-state index contributed by atoms with van der Waals surface area (Å²) in [6.07, 6.45) is -17.8. The molecule has 3 saturated heterocycles. The zero-order valence-corrected chi connectivity index (χ0v) is 52.8. The third-order valence-electron chi connectivity index (χ3n) is 14.9. The summed E-state index contributed by atoms with van der Waals surface area (Å²) >= 11 is 0. The van der Waals surface area contributed by atoms with E-state index in [9.17, 15) is 93.8 Å². The molecule has 0 aromatic heterocycles. The number of amides is 8. The van der Waals surface area contributed by atoms with Crippen molar-refractivity contribution in [3.05, 3.63) is 0 Å². The van der Waals surface area contributed by atoms with Crippen LogP contribution < -0.4 is 47.4 Å². The molecule has 0 spiro atoms. The fraction of sp³-hybridized carbons (Fsp3) is 0.852. The molecule has 38 heteroatoms. The fourth-order valence-electron chi connectivity index (χ4n) is 10.3. The smallest absolute Gasteiger partial charge is 0.242 e. The van der Waals surface area contributed by atoms with Crippen LogP contribution in [0.3, 0.4) is 0 Å². The standard InChI is InChI=1S/C54H95N8O29P/c1-28(66)58-40-46(74)43(71)35(25-63)88-52(40)85-22-19-82-16-13-55-38(69)11-9-33(50(78)56-14-17-83-20-23-86-53-41(59-29(2)67)47(75)44(72)36(26-64)89-53)61-39(70)12-10-34(62-49(77)31-5-7-32(8-6-31)91-92(4,80)81)51(79)57-15-18-84-21-24-87-54-42(60-30(3)68)48(76)45(73)37(27-65)90-54/h31-37,40-48,52-54,63-65,71-76H,5-27H2,1-4H3,(H,55,69)(H,56,78)(H,57,79)(H,58,66)(H,59,67)(H,60,68)(H,61,70)(H,62,77)(H,80,81)/p-1. The van der Waals surface area contributed by atoms with Crippen molar-refractivity contribution < 1.29 is 141 Å². The number of rotatable bonds is 40. The molecular weight excluding hydrogens is 1260 g/mol. The van der Waals surface area contributed by atoms with Gasteiger partial charge in [0.1, 0.15) is 92.7 Å². The SMILES string of the molecule is CC(=O)NC1C(OCCOCCNC(=O)CCC(NC(=O)CCC(NC(=O)C2CCC(OP(C)(=O)[O-])CC2)C(=O)NCCOCCOC2OC(CO)C(O)C(O)C2NC(C)=O)C(=O)NCCOCCOC2OC(CO)C(O)C(O)C2NC(C)=O)OC(CO)C(O)C1O. The first-order valence-electron chi connectivity index (χ1n) is 30.3. The molecule has 1 aliphatic carbocycles. The monoisotopic (exact) mass is 1350 g/mol. The summed E-state index contributed by atoms with van der Waals surface area (Å²) < 4.78 is 67.0. The van der Waals surface area contributed by atoms with Crippen molar-refractivity contribution in [2.75, 3.05) is 106 Å². The number of nitrogens with one attached hydrogen (secondary N) is 8. The van der Waals surface area contributed by atoms with Gasteiger partial charge in [-0.15, -0.1) is 0 Å². The normalized spacial score (nSPS) is 30.3. The first-order valence-corrected chi connectivity index (χ1v) is 32.3. The van der Waals surface area contributed by atoms with Crippen LogP contribution in [0.5, 0.6) is 0 Å². The van der Waals surface area contributed by atoms with Crippen LogP contribution in [0.1, 0.15) is 72.1 Å². The van der Waals surface area contributed by atoms with Gasteiger partial charge in [-0.25, -0.2) is 0 Å². The van der Waals surface area contributed by atoms with E-state index in [1.807, 2.05) is 0 Å². The molecule has 37 nitrogen and oxygen atoms in total. The third kappa shape index (κ3) is 27.5. The van der Waals surface area contributed by atoms with Crippen molar-refractivity contribution in [2.24, 2.45) is 5.92 Å². The lowest BCUT2D eigenvalue weighted by Gasteiger charge is -2.42. The van der Waals surface area contributed by atoms with Gasteiger partial charge in [0.05, 0.1) is 85.4 Å². The summed E-state index contributed by atoms with van der Waals surface area (Å²) in [7, 11) is -4.07. The third-order valence-corrected chi connectivity index (χ3v) is 15.6. The molecule has 0 aromatic rings. The minimum absolute atomic E-state index is 0.0335. The van der Waals surface area contributed by atoms with E-state index < -0.39 is 197 Å². The summed E-state index contributed by atoms with van der Waals surface area (Å²) in [6.45, 7) is 1.13.